The Bertz CT molecular complexity index is 501. The van der Waals surface area contributed by atoms with Crippen LogP contribution in [0.4, 0.5) is 5.69 Å². The molecule has 1 aliphatic heterocycles. The fourth-order valence-electron chi connectivity index (χ4n) is 2.23. The van der Waals surface area contributed by atoms with Crippen LogP contribution in [0.25, 0.3) is 0 Å². The number of nitrogens with zero attached hydrogens (tertiary/aromatic N) is 1. The van der Waals surface area contributed by atoms with E-state index >= 15 is 0 Å². The molecule has 7 heteroatoms. The highest BCUT2D eigenvalue weighted by molar-refractivity contribution is 6.33. The second-order valence-electron chi connectivity index (χ2n) is 4.58. The molecule has 1 aliphatic rings. The third-order valence-electron chi connectivity index (χ3n) is 3.15. The van der Waals surface area contributed by atoms with Crippen LogP contribution in [0.15, 0.2) is 18.2 Å². The van der Waals surface area contributed by atoms with Gasteiger partial charge >= 0.3 is 0 Å². The van der Waals surface area contributed by atoms with Gasteiger partial charge in [0.05, 0.1) is 10.7 Å². The highest BCUT2D eigenvalue weighted by Crippen LogP contribution is 2.29. The number of nitrogens with two attached hydrogens (primary N) is 1. The Morgan fingerprint density at radius 3 is 2.50 bits per heavy atom. The first-order chi connectivity index (χ1) is 9.08. The Labute approximate surface area is 129 Å². The molecule has 1 aromatic carbocycles. The molecule has 1 heterocycles. The molecule has 1 aromatic rings. The van der Waals surface area contributed by atoms with E-state index in [1.54, 1.807) is 12.1 Å². The van der Waals surface area contributed by atoms with E-state index in [1.165, 1.54) is 19.3 Å². The van der Waals surface area contributed by atoms with Gasteiger partial charge in [-0.05, 0) is 37.5 Å². The highest BCUT2D eigenvalue weighted by atomic mass is 35.5. The maximum absolute atomic E-state index is 11.7. The third kappa shape index (κ3) is 4.02. The SMILES string of the molecule is Cl.N=C(N)NC(=O)c1ccc(N2CCCCC2)c(Cl)c1. The van der Waals surface area contributed by atoms with Crippen molar-refractivity contribution in [1.82, 2.24) is 5.32 Å². The number of anilines is 1. The predicted octanol–water partition coefficient (Wildman–Crippen LogP) is 2.38. The standard InChI is InChI=1S/C13H17ClN4O.ClH/c14-10-8-9(12(19)17-13(15)16)4-5-11(10)18-6-2-1-3-7-18;/h4-5,8H,1-3,6-7H2,(H4,15,16,17,19);1H. The number of amides is 1. The number of nitrogens with one attached hydrogen (secondary N) is 2. The first-order valence-electron chi connectivity index (χ1n) is 6.28. The van der Waals surface area contributed by atoms with Gasteiger partial charge in [0, 0.05) is 18.7 Å². The average Bonchev–Trinajstić information content (AvgIpc) is 2.38. The zero-order valence-corrected chi connectivity index (χ0v) is 12.6. The van der Waals surface area contributed by atoms with Crippen molar-refractivity contribution in [2.24, 2.45) is 5.73 Å². The molecule has 110 valence electrons. The number of benzene rings is 1. The molecule has 0 unspecified atom stereocenters. The van der Waals surface area contributed by atoms with Crippen LogP contribution in [-0.2, 0) is 0 Å². The van der Waals surface area contributed by atoms with Crippen LogP contribution in [0, 0.1) is 5.41 Å². The molecule has 0 saturated carbocycles. The number of carbonyl (C=O) groups excluding carboxylic acids is 1. The minimum Gasteiger partial charge on any atom is -0.370 e. The Morgan fingerprint density at radius 1 is 1.30 bits per heavy atom. The zero-order chi connectivity index (χ0) is 13.8. The number of halogens is 2. The van der Waals surface area contributed by atoms with E-state index in [2.05, 4.69) is 10.2 Å². The van der Waals surface area contributed by atoms with Gasteiger partial charge in [-0.3, -0.25) is 15.5 Å². The molecule has 4 N–H and O–H groups in total. The van der Waals surface area contributed by atoms with Crippen molar-refractivity contribution in [2.75, 3.05) is 18.0 Å². The Balaban J connectivity index is 0.00000200. The quantitative estimate of drug-likeness (QED) is 0.578. The summed E-state index contributed by atoms with van der Waals surface area (Å²) in [7, 11) is 0. The number of hydrogen-bond acceptors (Lipinski definition) is 3. The molecular weight excluding hydrogens is 299 g/mol. The zero-order valence-electron chi connectivity index (χ0n) is 11.0. The molecule has 2 rings (SSSR count). The predicted molar refractivity (Wildman–Crippen MR) is 84.1 cm³/mol. The number of piperidine rings is 1. The molecule has 0 atom stereocenters. The van der Waals surface area contributed by atoms with E-state index in [-0.39, 0.29) is 18.4 Å². The summed E-state index contributed by atoms with van der Waals surface area (Å²) in [6.07, 6.45) is 3.60. The summed E-state index contributed by atoms with van der Waals surface area (Å²) < 4.78 is 0. The normalized spacial score (nSPS) is 14.3. The molecule has 1 saturated heterocycles. The van der Waals surface area contributed by atoms with Crippen LogP contribution in [-0.4, -0.2) is 25.0 Å². The van der Waals surface area contributed by atoms with E-state index in [0.717, 1.165) is 18.8 Å². The Kier molecular flexibility index (Phi) is 6.10. The van der Waals surface area contributed by atoms with E-state index in [9.17, 15) is 4.79 Å². The number of rotatable bonds is 2. The maximum atomic E-state index is 11.7. The van der Waals surface area contributed by atoms with E-state index in [0.29, 0.717) is 10.6 Å². The summed E-state index contributed by atoms with van der Waals surface area (Å²) in [5, 5.41) is 9.82. The van der Waals surface area contributed by atoms with Crippen LogP contribution in [0.3, 0.4) is 0 Å². The van der Waals surface area contributed by atoms with E-state index in [1.807, 2.05) is 6.07 Å². The first-order valence-corrected chi connectivity index (χ1v) is 6.65. The summed E-state index contributed by atoms with van der Waals surface area (Å²) in [6, 6.07) is 5.17. The van der Waals surface area contributed by atoms with Crippen LogP contribution in [0.2, 0.25) is 5.02 Å². The molecule has 0 bridgehead atoms. The van der Waals surface area contributed by atoms with Gasteiger partial charge in [0.2, 0.25) is 0 Å². The Hall–Kier alpha value is -1.46. The minimum absolute atomic E-state index is 0. The molecule has 0 aromatic heterocycles. The molecule has 1 fully saturated rings. The molecular formula is C13H18Cl2N4O. The molecule has 1 amide bonds. The summed E-state index contributed by atoms with van der Waals surface area (Å²) in [5.74, 6) is -0.791. The summed E-state index contributed by atoms with van der Waals surface area (Å²) in [5.41, 5.74) is 6.49. The van der Waals surface area contributed by atoms with Gasteiger partial charge in [-0.1, -0.05) is 11.6 Å². The summed E-state index contributed by atoms with van der Waals surface area (Å²) in [6.45, 7) is 2.00. The van der Waals surface area contributed by atoms with Crippen molar-refractivity contribution in [2.45, 2.75) is 19.3 Å². The van der Waals surface area contributed by atoms with E-state index in [4.69, 9.17) is 22.7 Å². The van der Waals surface area contributed by atoms with Crippen molar-refractivity contribution in [1.29, 1.82) is 5.41 Å². The van der Waals surface area contributed by atoms with Gasteiger partial charge in [0.1, 0.15) is 0 Å². The topological polar surface area (TPSA) is 82.2 Å². The molecule has 0 radical (unpaired) electrons. The van der Waals surface area contributed by atoms with Crippen LogP contribution in [0.1, 0.15) is 29.6 Å². The lowest BCUT2D eigenvalue weighted by Gasteiger charge is -2.29. The van der Waals surface area contributed by atoms with Gasteiger partial charge in [-0.25, -0.2) is 0 Å². The summed E-state index contributed by atoms with van der Waals surface area (Å²) >= 11 is 6.24. The third-order valence-corrected chi connectivity index (χ3v) is 3.46. The lowest BCUT2D eigenvalue weighted by molar-refractivity contribution is 0.0976. The van der Waals surface area contributed by atoms with Crippen LogP contribution in [0.5, 0.6) is 0 Å². The minimum atomic E-state index is -0.417. The van der Waals surface area contributed by atoms with Gasteiger partial charge < -0.3 is 10.6 Å². The summed E-state index contributed by atoms with van der Waals surface area (Å²) in [4.78, 5) is 13.9. The highest BCUT2D eigenvalue weighted by Gasteiger charge is 2.15. The molecule has 20 heavy (non-hydrogen) atoms. The first kappa shape index (κ1) is 16.6. The molecule has 0 spiro atoms. The van der Waals surface area contributed by atoms with E-state index < -0.39 is 5.91 Å². The molecule has 0 aliphatic carbocycles. The largest absolute Gasteiger partial charge is 0.370 e. The number of carbonyl (C=O) groups is 1. The van der Waals surface area contributed by atoms with Crippen molar-refractivity contribution < 1.29 is 4.79 Å². The van der Waals surface area contributed by atoms with Crippen LogP contribution < -0.4 is 16.0 Å². The average molecular weight is 317 g/mol. The van der Waals surface area contributed by atoms with Crippen molar-refractivity contribution in [3.63, 3.8) is 0 Å². The number of hydrogen-bond donors (Lipinski definition) is 3. The van der Waals surface area contributed by atoms with Gasteiger partial charge in [-0.15, -0.1) is 12.4 Å². The smallest absolute Gasteiger partial charge is 0.257 e. The maximum Gasteiger partial charge on any atom is 0.257 e. The van der Waals surface area contributed by atoms with Crippen molar-refractivity contribution in [3.8, 4) is 0 Å². The lowest BCUT2D eigenvalue weighted by atomic mass is 10.1. The van der Waals surface area contributed by atoms with Crippen LogP contribution >= 0.6 is 24.0 Å². The van der Waals surface area contributed by atoms with Crippen molar-refractivity contribution in [3.05, 3.63) is 28.8 Å². The second kappa shape index (κ2) is 7.36. The van der Waals surface area contributed by atoms with Gasteiger partial charge in [0.25, 0.3) is 5.91 Å². The van der Waals surface area contributed by atoms with Crippen molar-refractivity contribution >= 4 is 41.6 Å². The number of guanidine groups is 1. The molecule has 5 nitrogen and oxygen atoms in total. The fraction of sp³-hybridized carbons (Fsp3) is 0.385. The fourth-order valence-corrected chi connectivity index (χ4v) is 2.53. The monoisotopic (exact) mass is 316 g/mol. The second-order valence-corrected chi connectivity index (χ2v) is 4.99. The lowest BCUT2D eigenvalue weighted by Crippen LogP contribution is -2.35. The van der Waals surface area contributed by atoms with Gasteiger partial charge in [0.15, 0.2) is 5.96 Å². The Morgan fingerprint density at radius 2 is 1.95 bits per heavy atom. The van der Waals surface area contributed by atoms with Gasteiger partial charge in [-0.2, -0.15) is 0 Å².